The Balaban J connectivity index is 2.30. The summed E-state index contributed by atoms with van der Waals surface area (Å²) in [5.41, 5.74) is 0. The van der Waals surface area contributed by atoms with Crippen molar-refractivity contribution >= 4 is 6.09 Å². The summed E-state index contributed by atoms with van der Waals surface area (Å²) in [5.74, 6) is 0. The number of hydrogen-bond acceptors (Lipinski definition) is 2. The van der Waals surface area contributed by atoms with Gasteiger partial charge >= 0.3 is 6.09 Å². The summed E-state index contributed by atoms with van der Waals surface area (Å²) >= 11 is 0. The molecule has 0 N–H and O–H groups in total. The van der Waals surface area contributed by atoms with Crippen LogP contribution in [0.15, 0.2) is 0 Å². The molecule has 82 valence electrons. The van der Waals surface area contributed by atoms with Crippen LogP contribution in [0.25, 0.3) is 0 Å². The van der Waals surface area contributed by atoms with Crippen LogP contribution in [0.5, 0.6) is 0 Å². The minimum Gasteiger partial charge on any atom is -0.449 e. The van der Waals surface area contributed by atoms with E-state index in [1.165, 1.54) is 19.3 Å². The quantitative estimate of drug-likeness (QED) is 0.699. The molecule has 1 saturated carbocycles. The van der Waals surface area contributed by atoms with Gasteiger partial charge in [0.2, 0.25) is 0 Å². The van der Waals surface area contributed by atoms with E-state index in [9.17, 15) is 4.79 Å². The first-order valence-corrected chi connectivity index (χ1v) is 5.65. The van der Waals surface area contributed by atoms with Crippen molar-refractivity contribution in [1.82, 2.24) is 4.90 Å². The van der Waals surface area contributed by atoms with Crippen LogP contribution < -0.4 is 0 Å². The summed E-state index contributed by atoms with van der Waals surface area (Å²) in [4.78, 5) is 13.3. The van der Waals surface area contributed by atoms with E-state index in [1.807, 2.05) is 14.0 Å². The molecular formula is C11H21NO2. The minimum atomic E-state index is -0.154. The van der Waals surface area contributed by atoms with Gasteiger partial charge in [0.1, 0.15) is 0 Å². The average Bonchev–Trinajstić information content (AvgIpc) is 2.26. The molecule has 1 amide bonds. The van der Waals surface area contributed by atoms with Crippen LogP contribution in [-0.4, -0.2) is 30.7 Å². The van der Waals surface area contributed by atoms with Crippen LogP contribution in [0.2, 0.25) is 0 Å². The van der Waals surface area contributed by atoms with Gasteiger partial charge in [-0.3, -0.25) is 0 Å². The first kappa shape index (κ1) is 11.3. The SMILES string of the molecule is CCCOC(=O)N(C)C1CCCCC1. The second kappa shape index (κ2) is 5.89. The van der Waals surface area contributed by atoms with Crippen molar-refractivity contribution < 1.29 is 9.53 Å². The second-order valence-corrected chi connectivity index (χ2v) is 4.02. The van der Waals surface area contributed by atoms with Gasteiger partial charge in [0.25, 0.3) is 0 Å². The predicted molar refractivity (Wildman–Crippen MR) is 56.3 cm³/mol. The lowest BCUT2D eigenvalue weighted by atomic mass is 9.95. The molecule has 0 spiro atoms. The van der Waals surface area contributed by atoms with Crippen molar-refractivity contribution in [2.24, 2.45) is 0 Å². The van der Waals surface area contributed by atoms with E-state index in [4.69, 9.17) is 4.74 Å². The molecule has 14 heavy (non-hydrogen) atoms. The average molecular weight is 199 g/mol. The number of rotatable bonds is 3. The number of ether oxygens (including phenoxy) is 1. The lowest BCUT2D eigenvalue weighted by Crippen LogP contribution is -2.38. The third-order valence-electron chi connectivity index (χ3n) is 2.84. The van der Waals surface area contributed by atoms with Crippen molar-refractivity contribution in [3.63, 3.8) is 0 Å². The Kier molecular flexibility index (Phi) is 4.77. The molecule has 0 aliphatic heterocycles. The Hall–Kier alpha value is -0.730. The maximum atomic E-state index is 11.5. The fraction of sp³-hybridized carbons (Fsp3) is 0.909. The van der Waals surface area contributed by atoms with Gasteiger partial charge in [-0.15, -0.1) is 0 Å². The van der Waals surface area contributed by atoms with Crippen molar-refractivity contribution in [2.75, 3.05) is 13.7 Å². The molecule has 1 fully saturated rings. The molecule has 3 nitrogen and oxygen atoms in total. The highest BCUT2D eigenvalue weighted by molar-refractivity contribution is 5.67. The fourth-order valence-corrected chi connectivity index (χ4v) is 1.91. The number of carbonyl (C=O) groups excluding carboxylic acids is 1. The molecule has 0 radical (unpaired) electrons. The van der Waals surface area contributed by atoms with Gasteiger partial charge in [-0.1, -0.05) is 26.2 Å². The third-order valence-corrected chi connectivity index (χ3v) is 2.84. The Labute approximate surface area is 86.4 Å². The van der Waals surface area contributed by atoms with Gasteiger partial charge in [-0.2, -0.15) is 0 Å². The van der Waals surface area contributed by atoms with Crippen LogP contribution in [-0.2, 0) is 4.74 Å². The summed E-state index contributed by atoms with van der Waals surface area (Å²) in [6.07, 6.45) is 6.82. The van der Waals surface area contributed by atoms with Crippen molar-refractivity contribution in [2.45, 2.75) is 51.5 Å². The number of amides is 1. The molecule has 0 saturated heterocycles. The van der Waals surface area contributed by atoms with Crippen LogP contribution in [0.4, 0.5) is 4.79 Å². The first-order chi connectivity index (χ1) is 6.75. The lowest BCUT2D eigenvalue weighted by Gasteiger charge is -2.30. The maximum Gasteiger partial charge on any atom is 0.409 e. The highest BCUT2D eigenvalue weighted by atomic mass is 16.6. The van der Waals surface area contributed by atoms with Gasteiger partial charge in [0.05, 0.1) is 6.61 Å². The molecular weight excluding hydrogens is 178 g/mol. The van der Waals surface area contributed by atoms with Gasteiger partial charge < -0.3 is 9.64 Å². The van der Waals surface area contributed by atoms with E-state index in [-0.39, 0.29) is 6.09 Å². The number of nitrogens with zero attached hydrogens (tertiary/aromatic N) is 1. The third kappa shape index (κ3) is 3.20. The molecule has 0 bridgehead atoms. The summed E-state index contributed by atoms with van der Waals surface area (Å²) in [6.45, 7) is 2.55. The van der Waals surface area contributed by atoms with Crippen molar-refractivity contribution in [1.29, 1.82) is 0 Å². The Morgan fingerprint density at radius 1 is 1.36 bits per heavy atom. The van der Waals surface area contributed by atoms with Crippen LogP contribution >= 0.6 is 0 Å². The highest BCUT2D eigenvalue weighted by Crippen LogP contribution is 2.21. The molecule has 0 aromatic heterocycles. The van der Waals surface area contributed by atoms with Crippen molar-refractivity contribution in [3.8, 4) is 0 Å². The first-order valence-electron chi connectivity index (χ1n) is 5.65. The number of hydrogen-bond donors (Lipinski definition) is 0. The van der Waals surface area contributed by atoms with Gasteiger partial charge in [-0.25, -0.2) is 4.79 Å². The maximum absolute atomic E-state index is 11.5. The van der Waals surface area contributed by atoms with E-state index >= 15 is 0 Å². The Bertz CT molecular complexity index is 176. The summed E-state index contributed by atoms with van der Waals surface area (Å²) in [6, 6.07) is 0.410. The highest BCUT2D eigenvalue weighted by Gasteiger charge is 2.22. The van der Waals surface area contributed by atoms with Crippen LogP contribution in [0, 0.1) is 0 Å². The zero-order valence-corrected chi connectivity index (χ0v) is 9.29. The monoisotopic (exact) mass is 199 g/mol. The molecule has 1 rings (SSSR count). The predicted octanol–water partition coefficient (Wildman–Crippen LogP) is 2.80. The molecule has 0 heterocycles. The van der Waals surface area contributed by atoms with Crippen LogP contribution in [0.1, 0.15) is 45.4 Å². The van der Waals surface area contributed by atoms with E-state index in [1.54, 1.807) is 4.90 Å². The van der Waals surface area contributed by atoms with E-state index in [0.29, 0.717) is 12.6 Å². The fourth-order valence-electron chi connectivity index (χ4n) is 1.91. The molecule has 0 atom stereocenters. The summed E-state index contributed by atoms with van der Waals surface area (Å²) in [7, 11) is 1.86. The Morgan fingerprint density at radius 2 is 2.00 bits per heavy atom. The minimum absolute atomic E-state index is 0.154. The van der Waals surface area contributed by atoms with Gasteiger partial charge in [-0.05, 0) is 19.3 Å². The van der Waals surface area contributed by atoms with Gasteiger partial charge in [0, 0.05) is 13.1 Å². The molecule has 1 aliphatic rings. The zero-order chi connectivity index (χ0) is 10.4. The topological polar surface area (TPSA) is 29.5 Å². The smallest absolute Gasteiger partial charge is 0.409 e. The zero-order valence-electron chi connectivity index (χ0n) is 9.29. The number of carbonyl (C=O) groups is 1. The normalized spacial score (nSPS) is 17.9. The second-order valence-electron chi connectivity index (χ2n) is 4.02. The van der Waals surface area contributed by atoms with Crippen molar-refractivity contribution in [3.05, 3.63) is 0 Å². The largest absolute Gasteiger partial charge is 0.449 e. The van der Waals surface area contributed by atoms with E-state index in [2.05, 4.69) is 0 Å². The summed E-state index contributed by atoms with van der Waals surface area (Å²) in [5, 5.41) is 0. The molecule has 3 heteroatoms. The van der Waals surface area contributed by atoms with E-state index < -0.39 is 0 Å². The Morgan fingerprint density at radius 3 is 2.57 bits per heavy atom. The summed E-state index contributed by atoms with van der Waals surface area (Å²) < 4.78 is 5.09. The standard InChI is InChI=1S/C11H21NO2/c1-3-9-14-11(13)12(2)10-7-5-4-6-8-10/h10H,3-9H2,1-2H3. The van der Waals surface area contributed by atoms with Gasteiger partial charge in [0.15, 0.2) is 0 Å². The van der Waals surface area contributed by atoms with E-state index in [0.717, 1.165) is 19.3 Å². The molecule has 1 aliphatic carbocycles. The molecule has 0 unspecified atom stereocenters. The lowest BCUT2D eigenvalue weighted by molar-refractivity contribution is 0.0891. The molecule has 0 aromatic rings. The van der Waals surface area contributed by atoms with Crippen LogP contribution in [0.3, 0.4) is 0 Å². The molecule has 0 aromatic carbocycles.